The average molecular weight is 606 g/mol. The number of carbonyl (C=O) groups is 3. The highest BCUT2D eigenvalue weighted by molar-refractivity contribution is 5.93. The Balaban J connectivity index is 1.16. The number of benzene rings is 3. The van der Waals surface area contributed by atoms with E-state index in [0.29, 0.717) is 32.2 Å². The van der Waals surface area contributed by atoms with E-state index >= 15 is 0 Å². The van der Waals surface area contributed by atoms with Crippen LogP contribution in [0.1, 0.15) is 73.4 Å². The number of likely N-dealkylation sites (tertiary alicyclic amines) is 1. The molecule has 7 rings (SSSR count). The van der Waals surface area contributed by atoms with Gasteiger partial charge in [-0.15, -0.1) is 0 Å². The van der Waals surface area contributed by atoms with Gasteiger partial charge in [0.15, 0.2) is 0 Å². The van der Waals surface area contributed by atoms with E-state index in [0.717, 1.165) is 57.3 Å². The largest absolute Gasteiger partial charge is 0.467 e. The number of aromatic nitrogens is 1. The molecule has 0 bridgehead atoms. The number of methoxy groups -OCH3 is 1. The Morgan fingerprint density at radius 2 is 1.60 bits per heavy atom. The Labute approximate surface area is 263 Å². The Hall–Kier alpha value is -4.59. The second-order valence-electron chi connectivity index (χ2n) is 12.4. The number of carbonyl (C=O) groups excluding carboxylic acids is 3. The third-order valence-corrected chi connectivity index (χ3v) is 9.92. The summed E-state index contributed by atoms with van der Waals surface area (Å²) in [6.45, 7) is 2.74. The molecule has 1 saturated heterocycles. The van der Waals surface area contributed by atoms with Gasteiger partial charge in [0.1, 0.15) is 18.7 Å². The number of aromatic amines is 1. The van der Waals surface area contributed by atoms with Crippen LogP contribution in [-0.2, 0) is 25.5 Å². The summed E-state index contributed by atoms with van der Waals surface area (Å²) in [6.07, 6.45) is 3.62. The molecule has 1 fully saturated rings. The number of hydrogen-bond donors (Lipinski definition) is 1. The number of nitrogens with one attached hydrogen (secondary N) is 1. The first kappa shape index (κ1) is 29.1. The van der Waals surface area contributed by atoms with Gasteiger partial charge in [-0.25, -0.2) is 9.59 Å². The van der Waals surface area contributed by atoms with Crippen LogP contribution in [0.4, 0.5) is 4.79 Å². The van der Waals surface area contributed by atoms with Crippen molar-refractivity contribution in [1.29, 1.82) is 0 Å². The van der Waals surface area contributed by atoms with Gasteiger partial charge in [0.2, 0.25) is 5.91 Å². The van der Waals surface area contributed by atoms with E-state index < -0.39 is 24.1 Å². The molecule has 3 aromatic carbocycles. The molecule has 3 aliphatic rings. The van der Waals surface area contributed by atoms with Crippen LogP contribution >= 0.6 is 0 Å². The number of fused-ring (bicyclic) bond motifs is 6. The maximum atomic E-state index is 14.6. The smallest absolute Gasteiger partial charge is 0.410 e. The number of unbranched alkanes of at least 4 members (excludes halogenated alkanes) is 1. The van der Waals surface area contributed by atoms with Gasteiger partial charge in [-0.3, -0.25) is 9.69 Å². The number of rotatable bonds is 7. The third-order valence-electron chi connectivity index (χ3n) is 9.92. The van der Waals surface area contributed by atoms with E-state index in [-0.39, 0.29) is 24.5 Å². The van der Waals surface area contributed by atoms with Crippen molar-refractivity contribution in [1.82, 2.24) is 14.8 Å². The summed E-state index contributed by atoms with van der Waals surface area (Å²) >= 11 is 0. The highest BCUT2D eigenvalue weighted by Crippen LogP contribution is 2.45. The summed E-state index contributed by atoms with van der Waals surface area (Å²) in [6, 6.07) is 22.7. The molecular weight excluding hydrogens is 566 g/mol. The van der Waals surface area contributed by atoms with Crippen molar-refractivity contribution >= 4 is 28.9 Å². The van der Waals surface area contributed by atoms with Crippen molar-refractivity contribution in [2.75, 3.05) is 20.3 Å². The number of H-pyrrole nitrogens is 1. The number of para-hydroxylation sites is 1. The minimum atomic E-state index is -0.777. The first-order valence-electron chi connectivity index (χ1n) is 16.1. The first-order chi connectivity index (χ1) is 22.0. The van der Waals surface area contributed by atoms with Crippen LogP contribution in [0.25, 0.3) is 22.0 Å². The maximum Gasteiger partial charge on any atom is 0.410 e. The van der Waals surface area contributed by atoms with Gasteiger partial charge in [0.25, 0.3) is 0 Å². The van der Waals surface area contributed by atoms with Crippen molar-refractivity contribution in [2.24, 2.45) is 0 Å². The van der Waals surface area contributed by atoms with Gasteiger partial charge in [-0.05, 0) is 53.1 Å². The Kier molecular flexibility index (Phi) is 7.81. The predicted octanol–water partition coefficient (Wildman–Crippen LogP) is 6.74. The highest BCUT2D eigenvalue weighted by Gasteiger charge is 2.47. The summed E-state index contributed by atoms with van der Waals surface area (Å²) in [4.78, 5) is 48.5. The zero-order chi connectivity index (χ0) is 31.1. The van der Waals surface area contributed by atoms with Crippen molar-refractivity contribution in [3.63, 3.8) is 0 Å². The average Bonchev–Trinajstić information content (AvgIpc) is 3.80. The zero-order valence-electron chi connectivity index (χ0n) is 25.8. The molecule has 232 valence electrons. The Bertz CT molecular complexity index is 1720. The quantitative estimate of drug-likeness (QED) is 0.236. The molecule has 1 N–H and O–H groups in total. The van der Waals surface area contributed by atoms with Crippen molar-refractivity contribution in [3.05, 3.63) is 95.2 Å². The SMILES string of the molecule is CCCC[C@H]1c2[nH]c3ccccc3c2C[C@@H](C(=O)OC)N1C(=O)[C@@H]1CCCN1C(=O)OCC1c2ccccc2-c2ccccc21. The number of esters is 1. The van der Waals surface area contributed by atoms with Crippen LogP contribution in [0, 0.1) is 0 Å². The maximum absolute atomic E-state index is 14.6. The van der Waals surface area contributed by atoms with E-state index in [4.69, 9.17) is 9.47 Å². The summed E-state index contributed by atoms with van der Waals surface area (Å²) in [5.41, 5.74) is 7.64. The van der Waals surface area contributed by atoms with Crippen LogP contribution in [0.5, 0.6) is 0 Å². The molecule has 2 amide bonds. The second kappa shape index (κ2) is 12.1. The van der Waals surface area contributed by atoms with E-state index in [1.165, 1.54) is 7.11 Å². The van der Waals surface area contributed by atoms with E-state index in [1.54, 1.807) is 9.80 Å². The molecular formula is C37H39N3O5. The molecule has 0 unspecified atom stereocenters. The third kappa shape index (κ3) is 4.96. The van der Waals surface area contributed by atoms with Crippen LogP contribution < -0.4 is 0 Å². The van der Waals surface area contributed by atoms with Gasteiger partial charge >= 0.3 is 12.1 Å². The minimum Gasteiger partial charge on any atom is -0.467 e. The summed E-state index contributed by atoms with van der Waals surface area (Å²) in [7, 11) is 1.37. The number of hydrogen-bond acceptors (Lipinski definition) is 5. The summed E-state index contributed by atoms with van der Waals surface area (Å²) in [5, 5.41) is 1.07. The van der Waals surface area contributed by atoms with Crippen LogP contribution in [0.15, 0.2) is 72.8 Å². The van der Waals surface area contributed by atoms with E-state index in [2.05, 4.69) is 42.2 Å². The molecule has 1 aliphatic carbocycles. The monoisotopic (exact) mass is 605 g/mol. The van der Waals surface area contributed by atoms with E-state index in [1.807, 2.05) is 42.5 Å². The van der Waals surface area contributed by atoms with Gasteiger partial charge in [-0.1, -0.05) is 86.5 Å². The Morgan fingerprint density at radius 1 is 0.911 bits per heavy atom. The lowest BCUT2D eigenvalue weighted by molar-refractivity contribution is -0.158. The number of amides is 2. The van der Waals surface area contributed by atoms with Crippen molar-refractivity contribution < 1.29 is 23.9 Å². The van der Waals surface area contributed by atoms with Gasteiger partial charge in [0, 0.05) is 35.5 Å². The fourth-order valence-electron chi connectivity index (χ4n) is 7.79. The molecule has 8 nitrogen and oxygen atoms in total. The molecule has 3 atom stereocenters. The van der Waals surface area contributed by atoms with Crippen LogP contribution in [0.3, 0.4) is 0 Å². The molecule has 4 aromatic rings. The van der Waals surface area contributed by atoms with E-state index in [9.17, 15) is 14.4 Å². The number of nitrogens with zero attached hydrogens (tertiary/aromatic N) is 2. The Morgan fingerprint density at radius 3 is 2.31 bits per heavy atom. The fourth-order valence-corrected chi connectivity index (χ4v) is 7.79. The highest BCUT2D eigenvalue weighted by atomic mass is 16.6. The number of ether oxygens (including phenoxy) is 2. The van der Waals surface area contributed by atoms with Crippen molar-refractivity contribution in [2.45, 2.75) is 69.5 Å². The van der Waals surface area contributed by atoms with Gasteiger partial charge < -0.3 is 19.4 Å². The summed E-state index contributed by atoms with van der Waals surface area (Å²) < 4.78 is 11.3. The molecule has 45 heavy (non-hydrogen) atoms. The lowest BCUT2D eigenvalue weighted by Crippen LogP contribution is -2.57. The lowest BCUT2D eigenvalue weighted by atomic mass is 9.88. The minimum absolute atomic E-state index is 0.0669. The fraction of sp³-hybridized carbons (Fsp3) is 0.378. The zero-order valence-corrected chi connectivity index (χ0v) is 25.8. The normalized spacial score (nSPS) is 20.5. The van der Waals surface area contributed by atoms with Crippen LogP contribution in [-0.4, -0.2) is 65.1 Å². The molecule has 1 aromatic heterocycles. The van der Waals surface area contributed by atoms with Crippen molar-refractivity contribution in [3.8, 4) is 11.1 Å². The lowest BCUT2D eigenvalue weighted by Gasteiger charge is -2.42. The molecule has 2 aliphatic heterocycles. The van der Waals surface area contributed by atoms with Gasteiger partial charge in [-0.2, -0.15) is 0 Å². The standard InChI is InChI=1S/C37H39N3O5/c1-3-4-18-31-34-28(27-16-9-10-17-30(27)38-34)21-33(36(42)44-2)40(31)35(41)32-19-11-20-39(32)37(43)45-22-29-25-14-7-5-12-23(25)24-13-6-8-15-26(24)29/h5-10,12-17,29,31-33,38H,3-4,11,18-22H2,1-2H3/t31-,32-,33-/m0/s1. The molecule has 8 heteroatoms. The topological polar surface area (TPSA) is 91.9 Å². The molecule has 0 spiro atoms. The van der Waals surface area contributed by atoms with Gasteiger partial charge in [0.05, 0.1) is 13.2 Å². The second-order valence-corrected chi connectivity index (χ2v) is 12.4. The van der Waals surface area contributed by atoms with Crippen LogP contribution in [0.2, 0.25) is 0 Å². The molecule has 0 saturated carbocycles. The molecule has 3 heterocycles. The molecule has 0 radical (unpaired) electrons. The first-order valence-corrected chi connectivity index (χ1v) is 16.1. The summed E-state index contributed by atoms with van der Waals surface area (Å²) in [5.74, 6) is -0.726. The predicted molar refractivity (Wildman–Crippen MR) is 172 cm³/mol.